The first kappa shape index (κ1) is 22.6. The third-order valence-corrected chi connectivity index (χ3v) is 6.11. The molecule has 0 spiro atoms. The van der Waals surface area contributed by atoms with Crippen molar-refractivity contribution in [1.82, 2.24) is 4.90 Å². The van der Waals surface area contributed by atoms with Gasteiger partial charge in [-0.25, -0.2) is 0 Å². The predicted molar refractivity (Wildman–Crippen MR) is 108 cm³/mol. The van der Waals surface area contributed by atoms with E-state index in [1.54, 1.807) is 12.3 Å². The summed E-state index contributed by atoms with van der Waals surface area (Å²) in [6, 6.07) is 5.07. The first-order valence-electron chi connectivity index (χ1n) is 10.1. The number of Topliss-reactive ketones (excluding diaryl/α,β-unsaturated/α-hetero) is 1. The van der Waals surface area contributed by atoms with Crippen LogP contribution in [0.4, 0.5) is 13.2 Å². The number of rotatable bonds is 5. The lowest BCUT2D eigenvalue weighted by molar-refractivity contribution is -0.137. The Labute approximate surface area is 175 Å². The number of hydrogen-bond donors (Lipinski definition) is 1. The highest BCUT2D eigenvalue weighted by molar-refractivity contribution is 5.82. The van der Waals surface area contributed by atoms with Gasteiger partial charge in [0.2, 0.25) is 0 Å². The molecule has 3 rings (SSSR count). The molecule has 4 nitrogen and oxygen atoms in total. The molecule has 0 aromatic heterocycles. The Hall–Kier alpha value is -2.12. The summed E-state index contributed by atoms with van der Waals surface area (Å²) in [6.45, 7) is 6.19. The van der Waals surface area contributed by atoms with Gasteiger partial charge in [0.05, 0.1) is 17.9 Å². The second kappa shape index (κ2) is 8.55. The zero-order valence-corrected chi connectivity index (χ0v) is 17.5. The van der Waals surface area contributed by atoms with Gasteiger partial charge in [0.15, 0.2) is 6.23 Å². The highest BCUT2D eigenvalue weighted by Gasteiger charge is 2.42. The van der Waals surface area contributed by atoms with E-state index in [9.17, 15) is 23.1 Å². The van der Waals surface area contributed by atoms with Crippen LogP contribution < -0.4 is 0 Å². The van der Waals surface area contributed by atoms with Crippen LogP contribution in [0.25, 0.3) is 0 Å². The van der Waals surface area contributed by atoms with Crippen molar-refractivity contribution < 1.29 is 27.8 Å². The number of halogens is 3. The molecule has 1 aliphatic carbocycles. The van der Waals surface area contributed by atoms with Gasteiger partial charge in [-0.05, 0) is 50.5 Å². The third kappa shape index (κ3) is 4.78. The van der Waals surface area contributed by atoms with E-state index < -0.39 is 29.6 Å². The maximum absolute atomic E-state index is 13.0. The fourth-order valence-electron chi connectivity index (χ4n) is 4.12. The normalized spacial score (nSPS) is 22.2. The van der Waals surface area contributed by atoms with Crippen LogP contribution in [-0.4, -0.2) is 40.2 Å². The Morgan fingerprint density at radius 2 is 2.00 bits per heavy atom. The summed E-state index contributed by atoms with van der Waals surface area (Å²) in [5.41, 5.74) is 0.949. The average Bonchev–Trinajstić information content (AvgIpc) is 2.67. The molecule has 1 aromatic carbocycles. The third-order valence-electron chi connectivity index (χ3n) is 6.11. The van der Waals surface area contributed by atoms with Crippen LogP contribution in [0.1, 0.15) is 51.2 Å². The molecular formula is C23H28F3NO3. The minimum Gasteiger partial charge on any atom is -0.479 e. The number of aliphatic hydroxyl groups excluding tert-OH is 1. The fourth-order valence-corrected chi connectivity index (χ4v) is 4.12. The lowest BCUT2D eigenvalue weighted by Crippen LogP contribution is -2.59. The van der Waals surface area contributed by atoms with Crippen LogP contribution in [0, 0.1) is 0 Å². The number of carbonyl (C=O) groups excluding carboxylic acids is 1. The first-order valence-corrected chi connectivity index (χ1v) is 10.1. The number of allylic oxidation sites excluding steroid dienone is 1. The van der Waals surface area contributed by atoms with Gasteiger partial charge in [0.1, 0.15) is 5.78 Å². The average molecular weight is 423 g/mol. The maximum Gasteiger partial charge on any atom is 0.416 e. The molecule has 0 saturated carbocycles. The zero-order chi connectivity index (χ0) is 22.1. The minimum absolute atomic E-state index is 0.0837. The van der Waals surface area contributed by atoms with E-state index in [2.05, 4.69) is 0 Å². The van der Waals surface area contributed by atoms with Gasteiger partial charge in [-0.2, -0.15) is 13.2 Å². The van der Waals surface area contributed by atoms with Crippen LogP contribution in [0.3, 0.4) is 0 Å². The Balaban J connectivity index is 1.83. The molecule has 0 fully saturated rings. The number of aliphatic hydroxyl groups is 1. The maximum atomic E-state index is 13.0. The molecule has 1 heterocycles. The number of ketones is 1. The molecule has 0 amide bonds. The Morgan fingerprint density at radius 3 is 2.67 bits per heavy atom. The first-order chi connectivity index (χ1) is 14.0. The number of nitrogens with zero attached hydrogens (tertiary/aromatic N) is 1. The number of alkyl halides is 3. The molecule has 7 heteroatoms. The lowest BCUT2D eigenvalue weighted by atomic mass is 9.85. The quantitative estimate of drug-likeness (QED) is 0.702. The van der Waals surface area contributed by atoms with E-state index >= 15 is 0 Å². The molecule has 0 saturated heterocycles. The second-order valence-electron chi connectivity index (χ2n) is 8.61. The summed E-state index contributed by atoms with van der Waals surface area (Å²) in [6.07, 6.45) is -0.710. The summed E-state index contributed by atoms with van der Waals surface area (Å²) in [5.74, 6) is 0.206. The standard InChI is InChI=1S/C23H28F3NO3/c1-15-12-18(28)8-9-19(15)21-27(10-5-11-30-21)22(2,3)20(29)14-16-6-4-7-17(13-16)23(24,25)26/h4-7,11,13,20-21,29H,8-10,12,14H2,1-3H3. The summed E-state index contributed by atoms with van der Waals surface area (Å²) < 4.78 is 45.0. The van der Waals surface area contributed by atoms with Crippen molar-refractivity contribution in [3.05, 3.63) is 58.9 Å². The van der Waals surface area contributed by atoms with Gasteiger partial charge < -0.3 is 9.84 Å². The van der Waals surface area contributed by atoms with E-state index in [1.165, 1.54) is 6.07 Å². The Kier molecular flexibility index (Phi) is 6.43. The van der Waals surface area contributed by atoms with Crippen molar-refractivity contribution in [2.24, 2.45) is 0 Å². The van der Waals surface area contributed by atoms with Crippen LogP contribution in [0.5, 0.6) is 0 Å². The van der Waals surface area contributed by atoms with Crippen molar-refractivity contribution in [2.45, 2.75) is 70.5 Å². The minimum atomic E-state index is -4.42. The number of benzene rings is 1. The van der Waals surface area contributed by atoms with Gasteiger partial charge in [0.25, 0.3) is 0 Å². The largest absolute Gasteiger partial charge is 0.479 e. The van der Waals surface area contributed by atoms with Gasteiger partial charge in [-0.3, -0.25) is 9.69 Å². The molecule has 1 aliphatic heterocycles. The number of hydrogen-bond acceptors (Lipinski definition) is 4. The van der Waals surface area contributed by atoms with Crippen molar-refractivity contribution in [1.29, 1.82) is 0 Å². The molecule has 1 N–H and O–H groups in total. The van der Waals surface area contributed by atoms with E-state index in [0.29, 0.717) is 31.4 Å². The van der Waals surface area contributed by atoms with Crippen molar-refractivity contribution in [3.63, 3.8) is 0 Å². The smallest absolute Gasteiger partial charge is 0.416 e. The van der Waals surface area contributed by atoms with E-state index in [4.69, 9.17) is 4.74 Å². The topological polar surface area (TPSA) is 49.8 Å². The predicted octanol–water partition coefficient (Wildman–Crippen LogP) is 4.63. The fraction of sp³-hybridized carbons (Fsp3) is 0.522. The zero-order valence-electron chi connectivity index (χ0n) is 17.5. The summed E-state index contributed by atoms with van der Waals surface area (Å²) in [7, 11) is 0. The molecule has 0 radical (unpaired) electrons. The van der Waals surface area contributed by atoms with E-state index in [0.717, 1.165) is 23.3 Å². The van der Waals surface area contributed by atoms with E-state index in [1.807, 2.05) is 31.7 Å². The van der Waals surface area contributed by atoms with Crippen LogP contribution in [0.15, 0.2) is 47.7 Å². The Bertz CT molecular complexity index is 857. The molecule has 1 aromatic rings. The summed E-state index contributed by atoms with van der Waals surface area (Å²) in [4.78, 5) is 13.8. The van der Waals surface area contributed by atoms with Crippen LogP contribution >= 0.6 is 0 Å². The molecular weight excluding hydrogens is 395 g/mol. The molecule has 164 valence electrons. The van der Waals surface area contributed by atoms with Crippen molar-refractivity contribution in [3.8, 4) is 0 Å². The molecule has 0 bridgehead atoms. The SMILES string of the molecule is CC1=C(C2OC=CCN2C(C)(C)C(O)Cc2cccc(C(F)(F)F)c2)CCC(=O)C1. The highest BCUT2D eigenvalue weighted by Crippen LogP contribution is 2.35. The highest BCUT2D eigenvalue weighted by atomic mass is 19.4. The van der Waals surface area contributed by atoms with Gasteiger partial charge in [-0.15, -0.1) is 0 Å². The van der Waals surface area contributed by atoms with Gasteiger partial charge in [-0.1, -0.05) is 23.8 Å². The Morgan fingerprint density at radius 1 is 1.27 bits per heavy atom. The molecule has 2 atom stereocenters. The molecule has 2 aliphatic rings. The number of carbonyl (C=O) groups is 1. The molecule has 30 heavy (non-hydrogen) atoms. The van der Waals surface area contributed by atoms with Crippen LogP contribution in [0.2, 0.25) is 0 Å². The van der Waals surface area contributed by atoms with Gasteiger partial charge in [0, 0.05) is 31.3 Å². The van der Waals surface area contributed by atoms with Crippen molar-refractivity contribution in [2.75, 3.05) is 6.54 Å². The number of ether oxygens (including phenoxy) is 1. The lowest BCUT2D eigenvalue weighted by Gasteiger charge is -2.47. The monoisotopic (exact) mass is 423 g/mol. The van der Waals surface area contributed by atoms with Gasteiger partial charge >= 0.3 is 6.18 Å². The summed E-state index contributed by atoms with van der Waals surface area (Å²) >= 11 is 0. The van der Waals surface area contributed by atoms with Crippen LogP contribution in [-0.2, 0) is 22.1 Å². The second-order valence-corrected chi connectivity index (χ2v) is 8.61. The van der Waals surface area contributed by atoms with E-state index in [-0.39, 0.29) is 12.2 Å². The summed E-state index contributed by atoms with van der Waals surface area (Å²) in [5, 5.41) is 11.0. The van der Waals surface area contributed by atoms with Crippen molar-refractivity contribution >= 4 is 5.78 Å². The molecule has 2 unspecified atom stereocenters.